The lowest BCUT2D eigenvalue weighted by Gasteiger charge is -2.25. The number of ketones is 1. The number of nitrogens with one attached hydrogen (secondary N) is 1. The van der Waals surface area contributed by atoms with E-state index in [9.17, 15) is 25.2 Å². The van der Waals surface area contributed by atoms with Gasteiger partial charge in [-0.05, 0) is 31.2 Å². The van der Waals surface area contributed by atoms with Crippen LogP contribution in [0.4, 0.5) is 5.13 Å². The van der Waals surface area contributed by atoms with Crippen LogP contribution in [0.1, 0.15) is 22.2 Å². The Kier molecular flexibility index (Phi) is 7.65. The zero-order valence-electron chi connectivity index (χ0n) is 13.7. The molecule has 1 aromatic carbocycles. The van der Waals surface area contributed by atoms with Gasteiger partial charge < -0.3 is 30.5 Å². The molecule has 0 aliphatic rings. The molecule has 0 aliphatic heterocycles. The second-order valence-electron chi connectivity index (χ2n) is 5.45. The third-order valence-electron chi connectivity index (χ3n) is 3.44. The Hall–Kier alpha value is -1.40. The molecule has 2 aromatic rings. The number of ether oxygens (including phenoxy) is 1. The summed E-state index contributed by atoms with van der Waals surface area (Å²) >= 11 is 4.32. The van der Waals surface area contributed by atoms with E-state index in [1.165, 1.54) is 13.1 Å². The van der Waals surface area contributed by atoms with Crippen molar-refractivity contribution in [3.05, 3.63) is 45.4 Å². The molecule has 0 amide bonds. The van der Waals surface area contributed by atoms with Gasteiger partial charge in [-0.2, -0.15) is 0 Å². The van der Waals surface area contributed by atoms with Crippen LogP contribution in [0.25, 0.3) is 0 Å². The number of carbonyl (C=O) groups excluding carboxylic acids is 1. The first-order chi connectivity index (χ1) is 12.3. The minimum absolute atomic E-state index is 0.212. The van der Waals surface area contributed by atoms with Crippen LogP contribution in [0.15, 0.2) is 34.9 Å². The van der Waals surface area contributed by atoms with Crippen molar-refractivity contribution >= 4 is 38.2 Å². The first-order valence-electron chi connectivity index (χ1n) is 7.65. The van der Waals surface area contributed by atoms with Crippen LogP contribution in [0, 0.1) is 0 Å². The van der Waals surface area contributed by atoms with Crippen molar-refractivity contribution in [2.45, 2.75) is 31.6 Å². The smallest absolute Gasteiger partial charge is 0.237 e. The van der Waals surface area contributed by atoms with E-state index in [-0.39, 0.29) is 10.9 Å². The monoisotopic (exact) mass is 446 g/mol. The van der Waals surface area contributed by atoms with Crippen molar-refractivity contribution in [3.63, 3.8) is 0 Å². The normalized spacial score (nSPS) is 15.9. The molecular weight excluding hydrogens is 428 g/mol. The van der Waals surface area contributed by atoms with E-state index in [1.807, 2.05) is 0 Å². The van der Waals surface area contributed by atoms with Crippen LogP contribution in [0.5, 0.6) is 0 Å². The maximum absolute atomic E-state index is 12.4. The summed E-state index contributed by atoms with van der Waals surface area (Å²) in [6.07, 6.45) is -3.93. The molecule has 0 radical (unpaired) electrons. The van der Waals surface area contributed by atoms with Gasteiger partial charge in [-0.25, -0.2) is 4.98 Å². The van der Waals surface area contributed by atoms with Crippen molar-refractivity contribution in [3.8, 4) is 0 Å². The van der Waals surface area contributed by atoms with Gasteiger partial charge in [0.2, 0.25) is 12.2 Å². The first-order valence-corrected chi connectivity index (χ1v) is 9.26. The van der Waals surface area contributed by atoms with Crippen molar-refractivity contribution in [2.24, 2.45) is 0 Å². The summed E-state index contributed by atoms with van der Waals surface area (Å²) < 4.78 is 5.92. The molecule has 1 heterocycles. The molecule has 0 bridgehead atoms. The van der Waals surface area contributed by atoms with Gasteiger partial charge in [0.1, 0.15) is 12.2 Å². The van der Waals surface area contributed by atoms with Gasteiger partial charge in [0.25, 0.3) is 0 Å². The summed E-state index contributed by atoms with van der Waals surface area (Å²) in [4.78, 5) is 16.7. The van der Waals surface area contributed by atoms with Gasteiger partial charge >= 0.3 is 0 Å². The van der Waals surface area contributed by atoms with Crippen molar-refractivity contribution in [1.82, 2.24) is 4.98 Å². The van der Waals surface area contributed by atoms with E-state index in [2.05, 4.69) is 26.2 Å². The molecule has 142 valence electrons. The highest BCUT2D eigenvalue weighted by atomic mass is 79.9. The maximum Gasteiger partial charge on any atom is 0.237 e. The predicted octanol–water partition coefficient (Wildman–Crippen LogP) is 0.944. The second kappa shape index (κ2) is 9.51. The van der Waals surface area contributed by atoms with Gasteiger partial charge in [0, 0.05) is 10.0 Å². The molecule has 4 atom stereocenters. The fourth-order valence-corrected chi connectivity index (χ4v) is 3.09. The number of aliphatic hydroxyl groups is 4. The molecule has 2 rings (SSSR count). The lowest BCUT2D eigenvalue weighted by Crippen LogP contribution is -2.43. The van der Waals surface area contributed by atoms with Crippen LogP contribution in [-0.4, -0.2) is 62.5 Å². The number of halogens is 1. The van der Waals surface area contributed by atoms with Gasteiger partial charge in [-0.3, -0.25) is 4.79 Å². The molecule has 0 saturated carbocycles. The molecule has 8 nitrogen and oxygen atoms in total. The van der Waals surface area contributed by atoms with Crippen molar-refractivity contribution in [2.75, 3.05) is 11.9 Å². The third kappa shape index (κ3) is 5.55. The first kappa shape index (κ1) is 20.9. The molecule has 26 heavy (non-hydrogen) atoms. The van der Waals surface area contributed by atoms with Gasteiger partial charge in [0.15, 0.2) is 5.13 Å². The Balaban J connectivity index is 1.98. The van der Waals surface area contributed by atoms with Gasteiger partial charge in [-0.1, -0.05) is 27.3 Å². The summed E-state index contributed by atoms with van der Waals surface area (Å²) in [7, 11) is 0. The number of rotatable bonds is 9. The average Bonchev–Trinajstić information content (AvgIpc) is 3.07. The van der Waals surface area contributed by atoms with Crippen LogP contribution in [0.3, 0.4) is 0 Å². The number of aliphatic hydroxyl groups excluding tert-OH is 4. The Morgan fingerprint density at radius 2 is 1.96 bits per heavy atom. The zero-order chi connectivity index (χ0) is 19.3. The fraction of sp³-hybridized carbons (Fsp3) is 0.375. The van der Waals surface area contributed by atoms with Crippen LogP contribution in [-0.2, 0) is 4.74 Å². The number of carbonyl (C=O) groups is 1. The predicted molar refractivity (Wildman–Crippen MR) is 99.0 cm³/mol. The number of thiazole rings is 1. The molecule has 4 unspecified atom stereocenters. The number of benzene rings is 1. The van der Waals surface area contributed by atoms with E-state index in [0.717, 1.165) is 15.8 Å². The molecular formula is C16H19BrN2O6S. The van der Waals surface area contributed by atoms with E-state index >= 15 is 0 Å². The Morgan fingerprint density at radius 3 is 2.54 bits per heavy atom. The van der Waals surface area contributed by atoms with E-state index < -0.39 is 31.3 Å². The minimum atomic E-state index is -1.60. The SMILES string of the molecule is CC(O)C(O)C(CO)OC(O)Nc1ncc(C(=O)c2ccc(Br)cc2)s1. The number of hydrogen-bond donors (Lipinski definition) is 5. The largest absolute Gasteiger partial charge is 0.394 e. The summed E-state index contributed by atoms with van der Waals surface area (Å²) in [5.74, 6) is -0.212. The summed E-state index contributed by atoms with van der Waals surface area (Å²) in [6, 6.07) is 6.88. The highest BCUT2D eigenvalue weighted by molar-refractivity contribution is 9.10. The number of anilines is 1. The topological polar surface area (TPSA) is 132 Å². The van der Waals surface area contributed by atoms with E-state index in [1.54, 1.807) is 24.3 Å². The summed E-state index contributed by atoms with van der Waals surface area (Å²) in [5.41, 5.74) is 0.501. The van der Waals surface area contributed by atoms with Gasteiger partial charge in [0.05, 0.1) is 23.8 Å². The van der Waals surface area contributed by atoms with Crippen LogP contribution in [0.2, 0.25) is 0 Å². The summed E-state index contributed by atoms with van der Waals surface area (Å²) in [6.45, 7) is 0.729. The molecule has 5 N–H and O–H groups in total. The lowest BCUT2D eigenvalue weighted by atomic mass is 10.1. The Labute approximate surface area is 162 Å². The standard InChI is InChI=1S/C16H19BrN2O6S/c1-8(21)13(22)11(7-20)25-16(24)19-15-18-6-12(26-15)14(23)9-2-4-10(17)5-3-9/h2-6,8,11,13,16,20-22,24H,7H2,1H3,(H,18,19). The number of hydrogen-bond acceptors (Lipinski definition) is 9. The number of aromatic nitrogens is 1. The number of nitrogens with zero attached hydrogens (tertiary/aromatic N) is 1. The molecule has 1 aromatic heterocycles. The average molecular weight is 447 g/mol. The minimum Gasteiger partial charge on any atom is -0.394 e. The molecule has 0 saturated heterocycles. The van der Waals surface area contributed by atoms with Crippen molar-refractivity contribution < 1.29 is 30.0 Å². The fourth-order valence-electron chi connectivity index (χ4n) is 2.04. The Morgan fingerprint density at radius 1 is 1.31 bits per heavy atom. The van der Waals surface area contributed by atoms with Crippen LogP contribution >= 0.6 is 27.3 Å². The molecule has 0 aliphatic carbocycles. The highest BCUT2D eigenvalue weighted by Gasteiger charge is 2.26. The second-order valence-corrected chi connectivity index (χ2v) is 7.40. The van der Waals surface area contributed by atoms with E-state index in [0.29, 0.717) is 10.4 Å². The quantitative estimate of drug-likeness (QED) is 0.284. The highest BCUT2D eigenvalue weighted by Crippen LogP contribution is 2.23. The summed E-state index contributed by atoms with van der Waals surface area (Å²) in [5, 5.41) is 40.8. The van der Waals surface area contributed by atoms with Gasteiger partial charge in [-0.15, -0.1) is 0 Å². The molecule has 0 fully saturated rings. The molecule has 0 spiro atoms. The third-order valence-corrected chi connectivity index (χ3v) is 4.90. The zero-order valence-corrected chi connectivity index (χ0v) is 16.1. The Bertz CT molecular complexity index is 724. The van der Waals surface area contributed by atoms with Crippen molar-refractivity contribution in [1.29, 1.82) is 0 Å². The van der Waals surface area contributed by atoms with E-state index in [4.69, 9.17) is 4.74 Å². The van der Waals surface area contributed by atoms with Crippen LogP contribution < -0.4 is 5.32 Å². The lowest BCUT2D eigenvalue weighted by molar-refractivity contribution is -0.177. The maximum atomic E-state index is 12.4. The molecule has 10 heteroatoms.